The Bertz CT molecular complexity index is 736. The van der Waals surface area contributed by atoms with Crippen molar-refractivity contribution in [3.05, 3.63) is 77.6 Å². The van der Waals surface area contributed by atoms with Gasteiger partial charge >= 0.3 is 0 Å². The summed E-state index contributed by atoms with van der Waals surface area (Å²) in [5.41, 5.74) is 1.72. The number of amides is 1. The smallest absolute Gasteiger partial charge is 0.260 e. The summed E-state index contributed by atoms with van der Waals surface area (Å²) in [5.74, 6) is -0.442. The summed E-state index contributed by atoms with van der Waals surface area (Å²) in [6.45, 7) is 3.97. The summed E-state index contributed by atoms with van der Waals surface area (Å²) in [6, 6.07) is 15.7. The lowest BCUT2D eigenvalue weighted by Gasteiger charge is -2.22. The van der Waals surface area contributed by atoms with Crippen molar-refractivity contribution in [2.45, 2.75) is 20.5 Å². The summed E-state index contributed by atoms with van der Waals surface area (Å²) >= 11 is 0. The molecule has 0 bridgehead atoms. The van der Waals surface area contributed by atoms with Crippen LogP contribution in [-0.4, -0.2) is 11.0 Å². The van der Waals surface area contributed by atoms with E-state index in [0.29, 0.717) is 12.3 Å². The highest BCUT2D eigenvalue weighted by Gasteiger charge is 2.40. The minimum atomic E-state index is -0.652. The van der Waals surface area contributed by atoms with Crippen molar-refractivity contribution >= 4 is 11.6 Å². The maximum Gasteiger partial charge on any atom is 0.260 e. The van der Waals surface area contributed by atoms with Crippen LogP contribution in [0.3, 0.4) is 0 Å². The molecule has 1 heterocycles. The zero-order valence-corrected chi connectivity index (χ0v) is 13.1. The first-order valence-electron chi connectivity index (χ1n) is 7.47. The highest BCUT2D eigenvalue weighted by atomic mass is 19.1. The van der Waals surface area contributed by atoms with Crippen molar-refractivity contribution < 1.29 is 14.0 Å². The van der Waals surface area contributed by atoms with Crippen LogP contribution >= 0.6 is 0 Å². The third kappa shape index (κ3) is 3.17. The van der Waals surface area contributed by atoms with Gasteiger partial charge in [-0.15, -0.1) is 0 Å². The van der Waals surface area contributed by atoms with Crippen LogP contribution < -0.4 is 0 Å². The van der Waals surface area contributed by atoms with Gasteiger partial charge in [0.1, 0.15) is 12.4 Å². The van der Waals surface area contributed by atoms with Gasteiger partial charge in [0.25, 0.3) is 5.91 Å². The van der Waals surface area contributed by atoms with Gasteiger partial charge in [0, 0.05) is 5.56 Å². The average Bonchev–Trinajstić information content (AvgIpc) is 2.77. The molecule has 2 aromatic rings. The molecular formula is C19H18FNO2. The predicted octanol–water partition coefficient (Wildman–Crippen LogP) is 4.17. The molecule has 4 heteroatoms. The largest absolute Gasteiger partial charge is 0.271 e. The van der Waals surface area contributed by atoms with Crippen molar-refractivity contribution in [3.8, 4) is 0 Å². The number of halogens is 1. The van der Waals surface area contributed by atoms with Crippen molar-refractivity contribution in [1.29, 1.82) is 0 Å². The lowest BCUT2D eigenvalue weighted by atomic mass is 9.94. The molecule has 0 radical (unpaired) electrons. The number of hydrogen-bond acceptors (Lipinski definition) is 2. The SMILES string of the molecule is CC1(C)C=C(c2ccc(F)cc2)N(OCc2ccccc2)C1=O. The Morgan fingerprint density at radius 3 is 2.35 bits per heavy atom. The Hall–Kier alpha value is -2.46. The molecule has 1 aliphatic rings. The van der Waals surface area contributed by atoms with Crippen LogP contribution in [0, 0.1) is 11.2 Å². The monoisotopic (exact) mass is 311 g/mol. The fraction of sp³-hybridized carbons (Fsp3) is 0.211. The van der Waals surface area contributed by atoms with E-state index in [-0.39, 0.29) is 11.7 Å². The standard InChI is InChI=1S/C19H18FNO2/c1-19(2)12-17(15-8-10-16(20)11-9-15)21(18(19)22)23-13-14-6-4-3-5-7-14/h3-12H,13H2,1-2H3. The fourth-order valence-corrected chi connectivity index (χ4v) is 2.50. The van der Waals surface area contributed by atoms with Gasteiger partial charge in [-0.1, -0.05) is 30.3 Å². The summed E-state index contributed by atoms with van der Waals surface area (Å²) in [7, 11) is 0. The van der Waals surface area contributed by atoms with E-state index < -0.39 is 5.41 Å². The fourth-order valence-electron chi connectivity index (χ4n) is 2.50. The van der Waals surface area contributed by atoms with E-state index in [4.69, 9.17) is 4.84 Å². The van der Waals surface area contributed by atoms with Crippen LogP contribution in [0.25, 0.3) is 5.70 Å². The van der Waals surface area contributed by atoms with Crippen molar-refractivity contribution in [1.82, 2.24) is 5.06 Å². The number of nitrogens with zero attached hydrogens (tertiary/aromatic N) is 1. The Labute approximate surface area is 135 Å². The molecule has 1 amide bonds. The molecule has 118 valence electrons. The third-order valence-corrected chi connectivity index (χ3v) is 3.80. The number of hydrogen-bond donors (Lipinski definition) is 0. The number of hydroxylamine groups is 2. The molecule has 1 aliphatic heterocycles. The maximum absolute atomic E-state index is 13.1. The first-order valence-corrected chi connectivity index (χ1v) is 7.47. The molecule has 0 aromatic heterocycles. The van der Waals surface area contributed by atoms with Gasteiger partial charge in [-0.05, 0) is 49.8 Å². The Balaban J connectivity index is 1.85. The second-order valence-corrected chi connectivity index (χ2v) is 6.12. The molecule has 0 N–H and O–H groups in total. The van der Waals surface area contributed by atoms with Crippen LogP contribution in [0.15, 0.2) is 60.7 Å². The van der Waals surface area contributed by atoms with E-state index in [1.165, 1.54) is 17.2 Å². The molecular weight excluding hydrogens is 293 g/mol. The zero-order chi connectivity index (χ0) is 16.4. The molecule has 0 spiro atoms. The van der Waals surface area contributed by atoms with E-state index in [1.807, 2.05) is 50.3 Å². The van der Waals surface area contributed by atoms with Gasteiger partial charge in [0.05, 0.1) is 11.1 Å². The zero-order valence-electron chi connectivity index (χ0n) is 13.1. The quantitative estimate of drug-likeness (QED) is 0.848. The van der Waals surface area contributed by atoms with Crippen LogP contribution in [-0.2, 0) is 16.2 Å². The molecule has 0 atom stereocenters. The molecule has 0 saturated carbocycles. The second-order valence-electron chi connectivity index (χ2n) is 6.12. The number of carbonyl (C=O) groups is 1. The van der Waals surface area contributed by atoms with Crippen molar-refractivity contribution in [3.63, 3.8) is 0 Å². The molecule has 3 rings (SSSR count). The summed E-state index contributed by atoms with van der Waals surface area (Å²) in [6.07, 6.45) is 1.85. The van der Waals surface area contributed by atoms with E-state index in [0.717, 1.165) is 11.1 Å². The topological polar surface area (TPSA) is 29.5 Å². The highest BCUT2D eigenvalue weighted by molar-refractivity contribution is 5.96. The number of benzene rings is 2. The Morgan fingerprint density at radius 1 is 1.04 bits per heavy atom. The predicted molar refractivity (Wildman–Crippen MR) is 86.2 cm³/mol. The minimum Gasteiger partial charge on any atom is -0.271 e. The van der Waals surface area contributed by atoms with E-state index >= 15 is 0 Å². The van der Waals surface area contributed by atoms with Gasteiger partial charge in [0.15, 0.2) is 0 Å². The average molecular weight is 311 g/mol. The molecule has 23 heavy (non-hydrogen) atoms. The molecule has 0 aliphatic carbocycles. The third-order valence-electron chi connectivity index (χ3n) is 3.80. The Kier molecular flexibility index (Phi) is 4.01. The van der Waals surface area contributed by atoms with Gasteiger partial charge in [-0.3, -0.25) is 9.63 Å². The van der Waals surface area contributed by atoms with Crippen molar-refractivity contribution in [2.75, 3.05) is 0 Å². The first-order chi connectivity index (χ1) is 11.0. The Morgan fingerprint density at radius 2 is 1.70 bits per heavy atom. The molecule has 0 unspecified atom stereocenters. The van der Waals surface area contributed by atoms with Crippen LogP contribution in [0.1, 0.15) is 25.0 Å². The second kappa shape index (κ2) is 5.97. The lowest BCUT2D eigenvalue weighted by Crippen LogP contribution is -2.32. The molecule has 2 aromatic carbocycles. The molecule has 0 saturated heterocycles. The summed E-state index contributed by atoms with van der Waals surface area (Å²) in [4.78, 5) is 18.3. The van der Waals surface area contributed by atoms with E-state index in [1.54, 1.807) is 12.1 Å². The van der Waals surface area contributed by atoms with Gasteiger partial charge in [-0.25, -0.2) is 4.39 Å². The number of carbonyl (C=O) groups excluding carboxylic acids is 1. The van der Waals surface area contributed by atoms with Gasteiger partial charge in [-0.2, -0.15) is 5.06 Å². The van der Waals surface area contributed by atoms with Gasteiger partial charge < -0.3 is 0 Å². The lowest BCUT2D eigenvalue weighted by molar-refractivity contribution is -0.173. The van der Waals surface area contributed by atoms with Crippen LogP contribution in [0.2, 0.25) is 0 Å². The summed E-state index contributed by atoms with van der Waals surface area (Å²) < 4.78 is 13.1. The molecule has 3 nitrogen and oxygen atoms in total. The maximum atomic E-state index is 13.1. The summed E-state index contributed by atoms with van der Waals surface area (Å²) in [5, 5.41) is 1.32. The van der Waals surface area contributed by atoms with E-state index in [2.05, 4.69) is 0 Å². The van der Waals surface area contributed by atoms with Crippen molar-refractivity contribution in [2.24, 2.45) is 5.41 Å². The highest BCUT2D eigenvalue weighted by Crippen LogP contribution is 2.37. The normalized spacial score (nSPS) is 16.6. The number of rotatable bonds is 4. The van der Waals surface area contributed by atoms with Crippen LogP contribution in [0.5, 0.6) is 0 Å². The minimum absolute atomic E-state index is 0.132. The van der Waals surface area contributed by atoms with Gasteiger partial charge in [0.2, 0.25) is 0 Å². The van der Waals surface area contributed by atoms with E-state index in [9.17, 15) is 9.18 Å². The first kappa shape index (κ1) is 15.4. The molecule has 0 fully saturated rings. The van der Waals surface area contributed by atoms with Crippen LogP contribution in [0.4, 0.5) is 4.39 Å².